The molecule has 4 aromatic rings. The van der Waals surface area contributed by atoms with Crippen LogP contribution in [0.4, 0.5) is 69.7 Å². The smallest absolute Gasteiger partial charge is 0.457 e. The van der Waals surface area contributed by atoms with Crippen molar-refractivity contribution in [3.63, 3.8) is 0 Å². The van der Waals surface area contributed by atoms with E-state index in [9.17, 15) is 72.4 Å². The standard InChI is InChI=1S/C19H13F6NO3.C16H8F6N2O5/c20-18(21,22)14-7-12(8-15-13(14)9-16(26-15)19(23,24)25)29-11-3-1-10(2-4-11)17-27-5-6-28-17;17-15(18,19)11-5-10(29-9-3-1-8(7-25)2-4-9)6-12(24(27)28)13(11)23-14(26)16(20,21)22/h1-4,7-8,17H,5-6,9H2;1-7H,(H,23,26). The first-order valence-corrected chi connectivity index (χ1v) is 15.8. The summed E-state index contributed by atoms with van der Waals surface area (Å²) in [5.41, 5.74) is -7.50. The molecule has 1 saturated heterocycles. The van der Waals surface area contributed by atoms with Crippen LogP contribution in [0.5, 0.6) is 23.0 Å². The van der Waals surface area contributed by atoms with E-state index in [4.69, 9.17) is 18.9 Å². The van der Waals surface area contributed by atoms with Gasteiger partial charge in [0.15, 0.2) is 6.29 Å². The summed E-state index contributed by atoms with van der Waals surface area (Å²) in [6.07, 6.45) is -21.6. The second-order valence-corrected chi connectivity index (χ2v) is 11.8. The van der Waals surface area contributed by atoms with Crippen LogP contribution in [0, 0.1) is 10.1 Å². The van der Waals surface area contributed by atoms with Crippen molar-refractivity contribution in [2.75, 3.05) is 18.5 Å². The molecule has 0 radical (unpaired) electrons. The van der Waals surface area contributed by atoms with E-state index in [0.29, 0.717) is 37.2 Å². The predicted octanol–water partition coefficient (Wildman–Crippen LogP) is 10.5. The Morgan fingerprint density at radius 2 is 1.26 bits per heavy atom. The van der Waals surface area contributed by atoms with Gasteiger partial charge in [-0.1, -0.05) is 12.1 Å². The molecular formula is C35H21F12N3O8. The minimum atomic E-state index is -5.58. The zero-order valence-corrected chi connectivity index (χ0v) is 28.4. The van der Waals surface area contributed by atoms with Gasteiger partial charge >= 0.3 is 30.6 Å². The van der Waals surface area contributed by atoms with Crippen LogP contribution in [-0.4, -0.2) is 48.4 Å². The Bertz CT molecular complexity index is 2210. The highest BCUT2D eigenvalue weighted by atomic mass is 19.4. The lowest BCUT2D eigenvalue weighted by Crippen LogP contribution is -2.31. The van der Waals surface area contributed by atoms with Gasteiger partial charge in [0, 0.05) is 23.6 Å². The number of nitro benzene ring substituents is 1. The van der Waals surface area contributed by atoms with E-state index >= 15 is 0 Å². The van der Waals surface area contributed by atoms with Crippen molar-refractivity contribution in [2.24, 2.45) is 4.99 Å². The molecule has 0 unspecified atom stereocenters. The van der Waals surface area contributed by atoms with Gasteiger partial charge in [0.05, 0.1) is 41.0 Å². The third-order valence-corrected chi connectivity index (χ3v) is 7.78. The van der Waals surface area contributed by atoms with Gasteiger partial charge in [-0.2, -0.15) is 52.7 Å². The van der Waals surface area contributed by atoms with E-state index < -0.39 is 93.5 Å². The van der Waals surface area contributed by atoms with Crippen molar-refractivity contribution < 1.29 is 86.1 Å². The fraction of sp³-hybridized carbons (Fsp3) is 0.229. The summed E-state index contributed by atoms with van der Waals surface area (Å²) in [7, 11) is 0. The van der Waals surface area contributed by atoms with Gasteiger partial charge in [0.2, 0.25) is 0 Å². The number of alkyl halides is 12. The lowest BCUT2D eigenvalue weighted by molar-refractivity contribution is -0.384. The minimum Gasteiger partial charge on any atom is -0.457 e. The number of anilines is 1. The fourth-order valence-electron chi connectivity index (χ4n) is 5.22. The molecule has 23 heteroatoms. The van der Waals surface area contributed by atoms with Crippen molar-refractivity contribution >= 4 is 35.0 Å². The van der Waals surface area contributed by atoms with Crippen LogP contribution in [0.1, 0.15) is 38.9 Å². The van der Waals surface area contributed by atoms with Crippen molar-refractivity contribution in [2.45, 2.75) is 37.4 Å². The summed E-state index contributed by atoms with van der Waals surface area (Å²) >= 11 is 0. The average Bonchev–Trinajstić information content (AvgIpc) is 3.83. The maximum Gasteiger partial charge on any atom is 0.471 e. The first-order valence-electron chi connectivity index (χ1n) is 15.8. The number of nitrogens with one attached hydrogen (secondary N) is 1. The number of ether oxygens (including phenoxy) is 4. The number of carbonyl (C=O) groups is 2. The van der Waals surface area contributed by atoms with Gasteiger partial charge in [-0.15, -0.1) is 0 Å². The number of benzene rings is 4. The number of fused-ring (bicyclic) bond motifs is 1. The third-order valence-electron chi connectivity index (χ3n) is 7.78. The molecule has 1 N–H and O–H groups in total. The monoisotopic (exact) mass is 839 g/mol. The number of aliphatic imine (C=N–C) groups is 1. The predicted molar refractivity (Wildman–Crippen MR) is 174 cm³/mol. The first kappa shape index (κ1) is 42.9. The molecule has 6 rings (SSSR count). The number of amides is 1. The molecule has 2 aliphatic rings. The number of halogens is 12. The highest BCUT2D eigenvalue weighted by molar-refractivity contribution is 5.99. The average molecular weight is 840 g/mol. The molecule has 2 aliphatic heterocycles. The summed E-state index contributed by atoms with van der Waals surface area (Å²) in [4.78, 5) is 34.7. The molecule has 1 amide bonds. The number of rotatable bonds is 8. The molecule has 308 valence electrons. The summed E-state index contributed by atoms with van der Waals surface area (Å²) in [5.74, 6) is -3.70. The van der Waals surface area contributed by atoms with Gasteiger partial charge < -0.3 is 24.3 Å². The number of aldehydes is 1. The summed E-state index contributed by atoms with van der Waals surface area (Å²) < 4.78 is 177. The van der Waals surface area contributed by atoms with Crippen molar-refractivity contribution in [1.29, 1.82) is 0 Å². The first-order chi connectivity index (χ1) is 26.9. The number of hydrogen-bond acceptors (Lipinski definition) is 9. The summed E-state index contributed by atoms with van der Waals surface area (Å²) in [6.45, 7) is 0.914. The van der Waals surface area contributed by atoms with Gasteiger partial charge in [-0.05, 0) is 54.1 Å². The van der Waals surface area contributed by atoms with E-state index in [1.807, 2.05) is 0 Å². The van der Waals surface area contributed by atoms with Crippen LogP contribution < -0.4 is 14.8 Å². The van der Waals surface area contributed by atoms with Gasteiger partial charge in [0.25, 0.3) is 5.69 Å². The van der Waals surface area contributed by atoms with E-state index in [1.54, 1.807) is 12.1 Å². The Kier molecular flexibility index (Phi) is 12.1. The maximum atomic E-state index is 13.4. The van der Waals surface area contributed by atoms with Crippen LogP contribution in [0.15, 0.2) is 77.8 Å². The molecule has 1 fully saturated rings. The van der Waals surface area contributed by atoms with Crippen LogP contribution in [0.3, 0.4) is 0 Å². The Morgan fingerprint density at radius 1 is 0.741 bits per heavy atom. The summed E-state index contributed by atoms with van der Waals surface area (Å²) in [5, 5.41) is 12.0. The lowest BCUT2D eigenvalue weighted by Gasteiger charge is -2.16. The van der Waals surface area contributed by atoms with Crippen LogP contribution in [0.25, 0.3) is 0 Å². The quantitative estimate of drug-likeness (QED) is 0.0801. The van der Waals surface area contributed by atoms with E-state index in [2.05, 4.69) is 4.99 Å². The number of nitro groups is 1. The molecule has 0 spiro atoms. The van der Waals surface area contributed by atoms with Crippen molar-refractivity contribution in [1.82, 2.24) is 0 Å². The number of carbonyl (C=O) groups excluding carboxylic acids is 2. The van der Waals surface area contributed by atoms with Gasteiger partial charge in [-0.25, -0.2) is 4.99 Å². The molecule has 0 aromatic heterocycles. The van der Waals surface area contributed by atoms with Crippen molar-refractivity contribution in [3.05, 3.63) is 111 Å². The highest BCUT2D eigenvalue weighted by Gasteiger charge is 2.45. The van der Waals surface area contributed by atoms with Crippen LogP contribution in [0.2, 0.25) is 0 Å². The molecule has 58 heavy (non-hydrogen) atoms. The normalized spacial score (nSPS) is 14.5. The zero-order valence-electron chi connectivity index (χ0n) is 28.4. The van der Waals surface area contributed by atoms with Crippen LogP contribution >= 0.6 is 0 Å². The fourth-order valence-corrected chi connectivity index (χ4v) is 5.22. The molecule has 2 heterocycles. The molecular weight excluding hydrogens is 818 g/mol. The molecule has 0 atom stereocenters. The lowest BCUT2D eigenvalue weighted by atomic mass is 10.0. The molecule has 4 aromatic carbocycles. The Morgan fingerprint density at radius 3 is 1.74 bits per heavy atom. The Labute approximate surface area is 315 Å². The zero-order chi connectivity index (χ0) is 42.8. The second kappa shape index (κ2) is 16.3. The largest absolute Gasteiger partial charge is 0.471 e. The van der Waals surface area contributed by atoms with E-state index in [-0.39, 0.29) is 28.9 Å². The third kappa shape index (κ3) is 10.4. The minimum absolute atomic E-state index is 0.106. The SMILES string of the molecule is FC(F)(F)C1=Nc2cc(Oc3ccc(C4OCCO4)cc3)cc(C(F)(F)F)c2C1.O=Cc1ccc(Oc2cc([N+](=O)[O-])c(NC(=O)C(F)(F)F)c(C(F)(F)F)c2)cc1. The van der Waals surface area contributed by atoms with Gasteiger partial charge in [-0.3, -0.25) is 19.7 Å². The molecule has 11 nitrogen and oxygen atoms in total. The van der Waals surface area contributed by atoms with E-state index in [1.165, 1.54) is 36.4 Å². The Hall–Kier alpha value is -6.23. The Balaban J connectivity index is 0.000000221. The molecule has 0 aliphatic carbocycles. The number of nitrogens with zero attached hydrogens (tertiary/aromatic N) is 2. The molecule has 0 bridgehead atoms. The van der Waals surface area contributed by atoms with Crippen LogP contribution in [-0.2, 0) is 33.0 Å². The molecule has 0 saturated carbocycles. The van der Waals surface area contributed by atoms with Gasteiger partial charge in [0.1, 0.15) is 40.7 Å². The van der Waals surface area contributed by atoms with E-state index in [0.717, 1.165) is 11.4 Å². The number of hydrogen-bond donors (Lipinski definition) is 1. The second-order valence-electron chi connectivity index (χ2n) is 11.8. The highest BCUT2D eigenvalue weighted by Crippen LogP contribution is 2.46. The maximum absolute atomic E-state index is 13.4. The summed E-state index contributed by atoms with van der Waals surface area (Å²) in [6, 6.07) is 13.5. The topological polar surface area (TPSA) is 139 Å². The van der Waals surface area contributed by atoms with Crippen molar-refractivity contribution in [3.8, 4) is 23.0 Å².